The molecule has 2 amide bonds. The second-order valence-electron chi connectivity index (χ2n) is 6.99. The van der Waals surface area contributed by atoms with Gasteiger partial charge in [-0.1, -0.05) is 20.3 Å². The van der Waals surface area contributed by atoms with Crippen LogP contribution in [0, 0.1) is 5.92 Å². The van der Waals surface area contributed by atoms with Gasteiger partial charge < -0.3 is 36.4 Å². The standard InChI is InChI=1S/C16H30N3O9PS/c1-3-8(2)12(14(22)18-10(16(24)25)4-5-11(20)21)19-15(23)13(30)9(17)6-7-29(26,27)28/h8-10,12-13,30H,3-7,17H2,1-2H3,(H,18,22)(H,19,23)(H,20,21)(H,24,25)(H2,26,27,28). The number of carbonyl (C=O) groups is 4. The van der Waals surface area contributed by atoms with Crippen molar-refractivity contribution in [3.8, 4) is 0 Å². The fraction of sp³-hybridized carbons (Fsp3) is 0.750. The van der Waals surface area contributed by atoms with E-state index in [0.717, 1.165) is 0 Å². The Bertz CT molecular complexity index is 672. The number of nitrogens with one attached hydrogen (secondary N) is 2. The van der Waals surface area contributed by atoms with Crippen molar-refractivity contribution in [2.75, 3.05) is 6.16 Å². The van der Waals surface area contributed by atoms with Crippen LogP contribution >= 0.6 is 20.2 Å². The molecule has 0 spiro atoms. The van der Waals surface area contributed by atoms with Gasteiger partial charge in [0.25, 0.3) is 0 Å². The van der Waals surface area contributed by atoms with E-state index in [9.17, 15) is 28.8 Å². The summed E-state index contributed by atoms with van der Waals surface area (Å²) in [6.07, 6.45) is -1.06. The van der Waals surface area contributed by atoms with Crippen LogP contribution in [0.15, 0.2) is 0 Å². The van der Waals surface area contributed by atoms with Crippen molar-refractivity contribution in [3.05, 3.63) is 0 Å². The maximum atomic E-state index is 12.6. The van der Waals surface area contributed by atoms with Crippen molar-refractivity contribution in [1.82, 2.24) is 10.6 Å². The highest BCUT2D eigenvalue weighted by Crippen LogP contribution is 2.35. The van der Waals surface area contributed by atoms with Crippen LogP contribution < -0.4 is 16.4 Å². The summed E-state index contributed by atoms with van der Waals surface area (Å²) in [7, 11) is -4.30. The van der Waals surface area contributed by atoms with Crippen molar-refractivity contribution in [2.45, 2.75) is 62.9 Å². The molecule has 0 aromatic carbocycles. The molecule has 0 aliphatic heterocycles. The maximum absolute atomic E-state index is 12.6. The van der Waals surface area contributed by atoms with Crippen LogP contribution in [0.2, 0.25) is 0 Å². The van der Waals surface area contributed by atoms with E-state index in [1.54, 1.807) is 13.8 Å². The molecule has 0 bridgehead atoms. The molecule has 5 unspecified atom stereocenters. The van der Waals surface area contributed by atoms with Crippen LogP contribution in [0.1, 0.15) is 39.5 Å². The fourth-order valence-electron chi connectivity index (χ4n) is 2.40. The van der Waals surface area contributed by atoms with E-state index in [2.05, 4.69) is 23.3 Å². The smallest absolute Gasteiger partial charge is 0.326 e. The number of aliphatic carboxylic acids is 2. The minimum Gasteiger partial charge on any atom is -0.481 e. The van der Waals surface area contributed by atoms with E-state index < -0.39 is 73.2 Å². The minimum absolute atomic E-state index is 0.178. The van der Waals surface area contributed by atoms with Crippen LogP contribution in [0.5, 0.6) is 0 Å². The van der Waals surface area contributed by atoms with Crippen LogP contribution in [0.4, 0.5) is 0 Å². The second-order valence-corrected chi connectivity index (χ2v) is 9.32. The zero-order valence-corrected chi connectivity index (χ0v) is 18.5. The molecule has 12 nitrogen and oxygen atoms in total. The summed E-state index contributed by atoms with van der Waals surface area (Å²) >= 11 is 4.07. The van der Waals surface area contributed by atoms with Crippen molar-refractivity contribution in [1.29, 1.82) is 0 Å². The van der Waals surface area contributed by atoms with Gasteiger partial charge in [0.2, 0.25) is 11.8 Å². The summed E-state index contributed by atoms with van der Waals surface area (Å²) in [4.78, 5) is 64.8. The topological polar surface area (TPSA) is 216 Å². The number of carbonyl (C=O) groups excluding carboxylic acids is 2. The van der Waals surface area contributed by atoms with Gasteiger partial charge in [-0.15, -0.1) is 0 Å². The number of thiol groups is 1. The van der Waals surface area contributed by atoms with Crippen LogP contribution in [-0.4, -0.2) is 73.3 Å². The molecule has 8 N–H and O–H groups in total. The molecule has 0 aromatic rings. The van der Waals surface area contributed by atoms with Gasteiger partial charge in [0.05, 0.1) is 11.4 Å². The molecule has 0 aliphatic rings. The van der Waals surface area contributed by atoms with E-state index in [1.807, 2.05) is 0 Å². The van der Waals surface area contributed by atoms with Crippen molar-refractivity contribution < 1.29 is 43.7 Å². The van der Waals surface area contributed by atoms with Crippen LogP contribution in [-0.2, 0) is 23.7 Å². The molecule has 0 aromatic heterocycles. The lowest BCUT2D eigenvalue weighted by atomic mass is 9.97. The average Bonchev–Trinajstić information content (AvgIpc) is 2.64. The Morgan fingerprint density at radius 3 is 2.07 bits per heavy atom. The predicted molar refractivity (Wildman–Crippen MR) is 110 cm³/mol. The lowest BCUT2D eigenvalue weighted by molar-refractivity contribution is -0.143. The van der Waals surface area contributed by atoms with Gasteiger partial charge in [-0.2, -0.15) is 12.6 Å². The van der Waals surface area contributed by atoms with E-state index in [-0.39, 0.29) is 12.8 Å². The molecule has 0 saturated carbocycles. The Hall–Kier alpha value is -1.66. The number of hydrogen-bond acceptors (Lipinski definition) is 7. The van der Waals surface area contributed by atoms with Gasteiger partial charge in [0.15, 0.2) is 0 Å². The number of carboxylic acids is 2. The monoisotopic (exact) mass is 471 g/mol. The van der Waals surface area contributed by atoms with Crippen LogP contribution in [0.25, 0.3) is 0 Å². The first-order chi connectivity index (χ1) is 13.7. The highest BCUT2D eigenvalue weighted by atomic mass is 32.1. The second kappa shape index (κ2) is 12.9. The maximum Gasteiger partial charge on any atom is 0.326 e. The molecular weight excluding hydrogens is 441 g/mol. The number of carboxylic acid groups (broad SMARTS) is 2. The zero-order valence-electron chi connectivity index (χ0n) is 16.7. The van der Waals surface area contributed by atoms with E-state index in [4.69, 9.17) is 20.6 Å². The van der Waals surface area contributed by atoms with Gasteiger partial charge in [0.1, 0.15) is 12.1 Å². The molecule has 5 atom stereocenters. The predicted octanol–water partition coefficient (Wildman–Crippen LogP) is -0.855. The third-order valence-electron chi connectivity index (χ3n) is 4.48. The van der Waals surface area contributed by atoms with Crippen molar-refractivity contribution in [2.24, 2.45) is 11.7 Å². The summed E-state index contributed by atoms with van der Waals surface area (Å²) < 4.78 is 11.0. The molecule has 0 saturated heterocycles. The summed E-state index contributed by atoms with van der Waals surface area (Å²) in [5, 5.41) is 21.4. The molecule has 14 heteroatoms. The quantitative estimate of drug-likeness (QED) is 0.116. The Kier molecular flexibility index (Phi) is 12.2. The molecule has 0 radical (unpaired) electrons. The number of amides is 2. The summed E-state index contributed by atoms with van der Waals surface area (Å²) in [6, 6.07) is -3.59. The van der Waals surface area contributed by atoms with E-state index in [0.29, 0.717) is 6.42 Å². The minimum atomic E-state index is -4.30. The molecule has 174 valence electrons. The van der Waals surface area contributed by atoms with Crippen LogP contribution in [0.3, 0.4) is 0 Å². The largest absolute Gasteiger partial charge is 0.481 e. The highest BCUT2D eigenvalue weighted by molar-refractivity contribution is 7.81. The number of nitrogens with two attached hydrogens (primary N) is 1. The van der Waals surface area contributed by atoms with Gasteiger partial charge in [-0.25, -0.2) is 4.79 Å². The SMILES string of the molecule is CCC(C)C(NC(=O)C(S)C(N)CCP(=O)(O)O)C(=O)NC(CCC(=O)O)C(=O)O. The van der Waals surface area contributed by atoms with Crippen molar-refractivity contribution >= 4 is 44.0 Å². The first-order valence-electron chi connectivity index (χ1n) is 9.23. The molecule has 30 heavy (non-hydrogen) atoms. The summed E-state index contributed by atoms with van der Waals surface area (Å²) in [5.74, 6) is -4.60. The Labute approximate surface area is 179 Å². The third-order valence-corrected chi connectivity index (χ3v) is 5.94. The van der Waals surface area contributed by atoms with Gasteiger partial charge >= 0.3 is 19.5 Å². The van der Waals surface area contributed by atoms with Gasteiger partial charge in [-0.05, 0) is 18.8 Å². The number of hydrogen-bond donors (Lipinski definition) is 8. The van der Waals surface area contributed by atoms with E-state index >= 15 is 0 Å². The molecule has 0 heterocycles. The lowest BCUT2D eigenvalue weighted by Crippen LogP contribution is -2.56. The Morgan fingerprint density at radius 2 is 1.63 bits per heavy atom. The lowest BCUT2D eigenvalue weighted by Gasteiger charge is -2.27. The zero-order chi connectivity index (χ0) is 23.6. The fourth-order valence-corrected chi connectivity index (χ4v) is 3.25. The van der Waals surface area contributed by atoms with Gasteiger partial charge in [-0.3, -0.25) is 18.9 Å². The molecule has 0 rings (SSSR count). The molecule has 0 fully saturated rings. The first-order valence-corrected chi connectivity index (χ1v) is 11.5. The average molecular weight is 471 g/mol. The van der Waals surface area contributed by atoms with E-state index in [1.165, 1.54) is 0 Å². The molecular formula is C16H30N3O9PS. The molecule has 0 aliphatic carbocycles. The van der Waals surface area contributed by atoms with Crippen molar-refractivity contribution in [3.63, 3.8) is 0 Å². The Balaban J connectivity index is 5.19. The number of rotatable bonds is 14. The summed E-state index contributed by atoms with van der Waals surface area (Å²) in [6.45, 7) is 3.40. The summed E-state index contributed by atoms with van der Waals surface area (Å²) in [5.41, 5.74) is 5.76. The third kappa shape index (κ3) is 10.9. The normalized spacial score (nSPS) is 16.6. The van der Waals surface area contributed by atoms with Gasteiger partial charge in [0, 0.05) is 12.5 Å². The first kappa shape index (κ1) is 28.3. The Morgan fingerprint density at radius 1 is 1.07 bits per heavy atom. The highest BCUT2D eigenvalue weighted by Gasteiger charge is 2.33.